The summed E-state index contributed by atoms with van der Waals surface area (Å²) in [5.74, 6) is 1.72. The Morgan fingerprint density at radius 1 is 1.47 bits per heavy atom. The van der Waals surface area contributed by atoms with Crippen molar-refractivity contribution in [2.75, 3.05) is 20.2 Å². The highest BCUT2D eigenvalue weighted by Crippen LogP contribution is 2.05. The number of furan rings is 1. The Balaban J connectivity index is 2.05. The van der Waals surface area contributed by atoms with Crippen LogP contribution in [-0.4, -0.2) is 26.2 Å². The molecule has 0 saturated heterocycles. The van der Waals surface area contributed by atoms with Gasteiger partial charge in [-0.2, -0.15) is 0 Å². The molecule has 1 aromatic heterocycles. The molecule has 0 spiro atoms. The predicted molar refractivity (Wildman–Crippen MR) is 56.7 cm³/mol. The maximum Gasteiger partial charge on any atom is 0.306 e. The van der Waals surface area contributed by atoms with Gasteiger partial charge < -0.3 is 14.5 Å². The Morgan fingerprint density at radius 3 is 2.87 bits per heavy atom. The molecule has 0 radical (unpaired) electrons. The molecule has 1 rings (SSSR count). The van der Waals surface area contributed by atoms with Gasteiger partial charge in [0.1, 0.15) is 11.5 Å². The molecule has 0 aromatic carbocycles. The number of carbonyl (C=O) groups excluding carboxylic acids is 1. The zero-order valence-corrected chi connectivity index (χ0v) is 9.21. The van der Waals surface area contributed by atoms with Gasteiger partial charge in [-0.1, -0.05) is 0 Å². The number of hydrogen-bond donors (Lipinski definition) is 1. The molecule has 4 heteroatoms. The summed E-state index contributed by atoms with van der Waals surface area (Å²) in [5, 5.41) is 3.15. The summed E-state index contributed by atoms with van der Waals surface area (Å²) in [6, 6.07) is 3.92. The van der Waals surface area contributed by atoms with E-state index in [1.807, 2.05) is 19.1 Å². The highest BCUT2D eigenvalue weighted by molar-refractivity contribution is 5.69. The van der Waals surface area contributed by atoms with Gasteiger partial charge in [0.05, 0.1) is 13.5 Å². The molecule has 0 aliphatic heterocycles. The van der Waals surface area contributed by atoms with E-state index in [-0.39, 0.29) is 5.97 Å². The summed E-state index contributed by atoms with van der Waals surface area (Å²) in [6.45, 7) is 3.38. The van der Waals surface area contributed by atoms with Crippen molar-refractivity contribution in [2.45, 2.75) is 19.8 Å². The van der Waals surface area contributed by atoms with Gasteiger partial charge in [-0.05, 0) is 19.1 Å². The smallest absolute Gasteiger partial charge is 0.306 e. The van der Waals surface area contributed by atoms with Crippen molar-refractivity contribution in [3.63, 3.8) is 0 Å². The van der Waals surface area contributed by atoms with Crippen molar-refractivity contribution < 1.29 is 13.9 Å². The van der Waals surface area contributed by atoms with E-state index >= 15 is 0 Å². The highest BCUT2D eigenvalue weighted by Gasteiger charge is 2.00. The Kier molecular flexibility index (Phi) is 4.90. The molecule has 4 nitrogen and oxygen atoms in total. The summed E-state index contributed by atoms with van der Waals surface area (Å²) in [7, 11) is 1.40. The molecule has 1 heterocycles. The summed E-state index contributed by atoms with van der Waals surface area (Å²) in [4.78, 5) is 10.8. The first-order valence-electron chi connectivity index (χ1n) is 5.05. The van der Waals surface area contributed by atoms with Crippen LogP contribution in [0, 0.1) is 6.92 Å². The second-order valence-electron chi connectivity index (χ2n) is 3.34. The minimum atomic E-state index is -0.184. The molecule has 0 aliphatic rings. The molecule has 0 saturated carbocycles. The lowest BCUT2D eigenvalue weighted by Gasteiger charge is -2.02. The van der Waals surface area contributed by atoms with Crippen LogP contribution in [0.25, 0.3) is 0 Å². The summed E-state index contributed by atoms with van der Waals surface area (Å²) < 4.78 is 9.92. The lowest BCUT2D eigenvalue weighted by Crippen LogP contribution is -2.21. The van der Waals surface area contributed by atoms with Gasteiger partial charge in [0.25, 0.3) is 0 Å². The van der Waals surface area contributed by atoms with Crippen LogP contribution in [-0.2, 0) is 16.0 Å². The fourth-order valence-electron chi connectivity index (χ4n) is 1.25. The number of rotatable bonds is 6. The third kappa shape index (κ3) is 4.65. The molecule has 1 aromatic rings. The van der Waals surface area contributed by atoms with E-state index in [0.29, 0.717) is 13.0 Å². The van der Waals surface area contributed by atoms with Gasteiger partial charge in [-0.25, -0.2) is 0 Å². The topological polar surface area (TPSA) is 51.5 Å². The highest BCUT2D eigenvalue weighted by atomic mass is 16.5. The van der Waals surface area contributed by atoms with E-state index in [1.165, 1.54) is 7.11 Å². The van der Waals surface area contributed by atoms with Crippen LogP contribution in [0.1, 0.15) is 17.9 Å². The quantitative estimate of drug-likeness (QED) is 0.569. The molecule has 0 atom stereocenters. The second-order valence-corrected chi connectivity index (χ2v) is 3.34. The van der Waals surface area contributed by atoms with Gasteiger partial charge in [-0.3, -0.25) is 4.79 Å². The van der Waals surface area contributed by atoms with Gasteiger partial charge in [0.15, 0.2) is 0 Å². The molecule has 0 aliphatic carbocycles. The zero-order valence-electron chi connectivity index (χ0n) is 9.21. The summed E-state index contributed by atoms with van der Waals surface area (Å²) in [5.41, 5.74) is 0. The number of aryl methyl sites for hydroxylation is 1. The minimum absolute atomic E-state index is 0.184. The number of nitrogens with one attached hydrogen (secondary N) is 1. The minimum Gasteiger partial charge on any atom is -0.469 e. The van der Waals surface area contributed by atoms with E-state index < -0.39 is 0 Å². The fourth-order valence-corrected chi connectivity index (χ4v) is 1.25. The molecule has 0 unspecified atom stereocenters. The first kappa shape index (κ1) is 11.8. The van der Waals surface area contributed by atoms with Crippen LogP contribution in [0.4, 0.5) is 0 Å². The van der Waals surface area contributed by atoms with Crippen molar-refractivity contribution in [1.82, 2.24) is 5.32 Å². The molecule has 84 valence electrons. The Bertz CT molecular complexity index is 307. The zero-order chi connectivity index (χ0) is 11.1. The van der Waals surface area contributed by atoms with Crippen molar-refractivity contribution in [3.05, 3.63) is 23.7 Å². The van der Waals surface area contributed by atoms with Crippen molar-refractivity contribution in [2.24, 2.45) is 0 Å². The molecule has 0 amide bonds. The normalized spacial score (nSPS) is 10.3. The lowest BCUT2D eigenvalue weighted by atomic mass is 10.3. The van der Waals surface area contributed by atoms with Gasteiger partial charge in [0.2, 0.25) is 0 Å². The van der Waals surface area contributed by atoms with Gasteiger partial charge in [-0.15, -0.1) is 0 Å². The molecule has 0 bridgehead atoms. The number of carbonyl (C=O) groups is 1. The second kappa shape index (κ2) is 6.24. The molecule has 15 heavy (non-hydrogen) atoms. The van der Waals surface area contributed by atoms with Crippen LogP contribution in [0.5, 0.6) is 0 Å². The number of hydrogen-bond acceptors (Lipinski definition) is 4. The standard InChI is InChI=1S/C11H17NO3/c1-9-3-4-10(15-9)5-7-12-8-6-11(13)14-2/h3-4,12H,5-8H2,1-2H3. The lowest BCUT2D eigenvalue weighted by molar-refractivity contribution is -0.140. The van der Waals surface area contributed by atoms with Gasteiger partial charge in [0, 0.05) is 19.5 Å². The van der Waals surface area contributed by atoms with Crippen LogP contribution >= 0.6 is 0 Å². The third-order valence-electron chi connectivity index (χ3n) is 2.08. The third-order valence-corrected chi connectivity index (χ3v) is 2.08. The van der Waals surface area contributed by atoms with Crippen LogP contribution < -0.4 is 5.32 Å². The van der Waals surface area contributed by atoms with E-state index in [2.05, 4.69) is 10.1 Å². The van der Waals surface area contributed by atoms with Gasteiger partial charge >= 0.3 is 5.97 Å². The van der Waals surface area contributed by atoms with Crippen LogP contribution in [0.3, 0.4) is 0 Å². The average Bonchev–Trinajstić information content (AvgIpc) is 2.63. The van der Waals surface area contributed by atoms with Crippen LogP contribution in [0.15, 0.2) is 16.5 Å². The van der Waals surface area contributed by atoms with Crippen molar-refractivity contribution in [3.8, 4) is 0 Å². The van der Waals surface area contributed by atoms with E-state index in [9.17, 15) is 4.79 Å². The first-order valence-corrected chi connectivity index (χ1v) is 5.05. The van der Waals surface area contributed by atoms with E-state index in [4.69, 9.17) is 4.42 Å². The largest absolute Gasteiger partial charge is 0.469 e. The van der Waals surface area contributed by atoms with E-state index in [0.717, 1.165) is 24.5 Å². The maximum atomic E-state index is 10.8. The average molecular weight is 211 g/mol. The number of methoxy groups -OCH3 is 1. The molecular weight excluding hydrogens is 194 g/mol. The van der Waals surface area contributed by atoms with Crippen molar-refractivity contribution in [1.29, 1.82) is 0 Å². The summed E-state index contributed by atoms with van der Waals surface area (Å²) in [6.07, 6.45) is 1.25. The SMILES string of the molecule is COC(=O)CCNCCc1ccc(C)o1. The summed E-state index contributed by atoms with van der Waals surface area (Å²) >= 11 is 0. The predicted octanol–water partition coefficient (Wildman–Crippen LogP) is 1.28. The Morgan fingerprint density at radius 2 is 2.27 bits per heavy atom. The van der Waals surface area contributed by atoms with E-state index in [1.54, 1.807) is 0 Å². The molecule has 0 fully saturated rings. The molecule has 1 N–H and O–H groups in total. The fraction of sp³-hybridized carbons (Fsp3) is 0.545. The maximum absolute atomic E-state index is 10.8. The number of esters is 1. The Hall–Kier alpha value is -1.29. The number of ether oxygens (including phenoxy) is 1. The monoisotopic (exact) mass is 211 g/mol. The van der Waals surface area contributed by atoms with Crippen LogP contribution in [0.2, 0.25) is 0 Å². The molecular formula is C11H17NO3. The Labute approximate surface area is 89.6 Å². The first-order chi connectivity index (χ1) is 7.22. The van der Waals surface area contributed by atoms with Crippen molar-refractivity contribution >= 4 is 5.97 Å².